The minimum atomic E-state index is -3.78. The van der Waals surface area contributed by atoms with Crippen molar-refractivity contribution < 1.29 is 18.0 Å². The molecule has 0 bridgehead atoms. The summed E-state index contributed by atoms with van der Waals surface area (Å²) in [6.07, 6.45) is 1.98. The van der Waals surface area contributed by atoms with Crippen molar-refractivity contribution in [3.8, 4) is 0 Å². The number of halogens is 1. The first-order valence-electron chi connectivity index (χ1n) is 10.4. The molecule has 0 aromatic heterocycles. The Morgan fingerprint density at radius 1 is 1.09 bits per heavy atom. The molecule has 7 nitrogen and oxygen atoms in total. The van der Waals surface area contributed by atoms with Crippen molar-refractivity contribution >= 4 is 39.1 Å². The average Bonchev–Trinajstić information content (AvgIpc) is 2.76. The fourth-order valence-corrected chi connectivity index (χ4v) is 4.59. The Hall–Kier alpha value is -2.58. The summed E-state index contributed by atoms with van der Waals surface area (Å²) in [6, 6.07) is 13.8. The van der Waals surface area contributed by atoms with Crippen LogP contribution in [0.5, 0.6) is 0 Å². The Bertz CT molecular complexity index is 1040. The van der Waals surface area contributed by atoms with E-state index in [-0.39, 0.29) is 12.5 Å². The largest absolute Gasteiger partial charge is 0.357 e. The Morgan fingerprint density at radius 3 is 2.31 bits per heavy atom. The Labute approximate surface area is 195 Å². The van der Waals surface area contributed by atoms with Crippen molar-refractivity contribution in [2.24, 2.45) is 0 Å². The van der Waals surface area contributed by atoms with Gasteiger partial charge in [0.25, 0.3) is 0 Å². The first-order valence-corrected chi connectivity index (χ1v) is 12.6. The van der Waals surface area contributed by atoms with Gasteiger partial charge in [-0.2, -0.15) is 0 Å². The van der Waals surface area contributed by atoms with E-state index < -0.39 is 28.5 Å². The maximum atomic E-state index is 13.4. The molecule has 0 unspecified atom stereocenters. The standard InChI is InChI=1S/C23H30ClN3O4S/c1-5-20(23(29)25-3)26(15-14-18-10-7-6-8-11-18)22(28)16-27(32(4,30)31)21-13-9-12-19(24)17(21)2/h6-13,20H,5,14-16H2,1-4H3,(H,25,29)/t20-/m1/s1. The van der Waals surface area contributed by atoms with Crippen molar-refractivity contribution in [1.82, 2.24) is 10.2 Å². The van der Waals surface area contributed by atoms with Crippen molar-refractivity contribution in [3.63, 3.8) is 0 Å². The van der Waals surface area contributed by atoms with E-state index in [0.717, 1.165) is 16.1 Å². The summed E-state index contributed by atoms with van der Waals surface area (Å²) in [6.45, 7) is 3.37. The summed E-state index contributed by atoms with van der Waals surface area (Å²) in [5.74, 6) is -0.750. The minimum absolute atomic E-state index is 0.279. The number of amides is 2. The molecular formula is C23H30ClN3O4S. The molecule has 0 saturated heterocycles. The molecule has 9 heteroatoms. The zero-order chi connectivity index (χ0) is 23.9. The van der Waals surface area contributed by atoms with Crippen LogP contribution in [0, 0.1) is 6.92 Å². The molecule has 1 atom stereocenters. The zero-order valence-corrected chi connectivity index (χ0v) is 20.4. The first-order chi connectivity index (χ1) is 15.1. The molecule has 0 aliphatic carbocycles. The smallest absolute Gasteiger partial charge is 0.244 e. The maximum Gasteiger partial charge on any atom is 0.244 e. The molecule has 0 fully saturated rings. The third-order valence-corrected chi connectivity index (χ3v) is 6.84. The Kier molecular flexibility index (Phi) is 9.09. The SMILES string of the molecule is CC[C@H](C(=O)NC)N(CCc1ccccc1)C(=O)CN(c1cccc(Cl)c1C)S(C)(=O)=O. The normalized spacial score (nSPS) is 12.2. The number of carbonyl (C=O) groups excluding carboxylic acids is 2. The third-order valence-electron chi connectivity index (χ3n) is 5.30. The highest BCUT2D eigenvalue weighted by Gasteiger charge is 2.31. The molecule has 0 aliphatic rings. The van der Waals surface area contributed by atoms with E-state index in [1.807, 2.05) is 37.3 Å². The molecule has 0 saturated carbocycles. The summed E-state index contributed by atoms with van der Waals surface area (Å²) >= 11 is 6.19. The van der Waals surface area contributed by atoms with Gasteiger partial charge in [-0.05, 0) is 43.0 Å². The van der Waals surface area contributed by atoms with Crippen molar-refractivity contribution in [3.05, 3.63) is 64.7 Å². The zero-order valence-electron chi connectivity index (χ0n) is 18.8. The van der Waals surface area contributed by atoms with Gasteiger partial charge in [0.2, 0.25) is 21.8 Å². The molecule has 2 amide bonds. The highest BCUT2D eigenvalue weighted by atomic mass is 35.5. The van der Waals surface area contributed by atoms with Gasteiger partial charge in [-0.15, -0.1) is 0 Å². The van der Waals surface area contributed by atoms with Crippen LogP contribution < -0.4 is 9.62 Å². The lowest BCUT2D eigenvalue weighted by molar-refractivity contribution is -0.139. The van der Waals surface area contributed by atoms with Gasteiger partial charge in [-0.3, -0.25) is 13.9 Å². The van der Waals surface area contributed by atoms with Crippen LogP contribution in [-0.2, 0) is 26.0 Å². The van der Waals surface area contributed by atoms with E-state index in [4.69, 9.17) is 11.6 Å². The number of anilines is 1. The van der Waals surface area contributed by atoms with Gasteiger partial charge >= 0.3 is 0 Å². The van der Waals surface area contributed by atoms with E-state index in [9.17, 15) is 18.0 Å². The fourth-order valence-electron chi connectivity index (χ4n) is 3.52. The second kappa shape index (κ2) is 11.3. The van der Waals surface area contributed by atoms with Gasteiger partial charge in [0.1, 0.15) is 12.6 Å². The first kappa shape index (κ1) is 25.7. The van der Waals surface area contributed by atoms with E-state index in [1.165, 1.54) is 11.9 Å². The molecule has 2 aromatic rings. The number of nitrogens with one attached hydrogen (secondary N) is 1. The highest BCUT2D eigenvalue weighted by molar-refractivity contribution is 7.92. The van der Waals surface area contributed by atoms with Gasteiger partial charge < -0.3 is 10.2 Å². The second-order valence-corrected chi connectivity index (χ2v) is 9.83. The summed E-state index contributed by atoms with van der Waals surface area (Å²) in [5.41, 5.74) is 1.91. The van der Waals surface area contributed by atoms with Crippen LogP contribution in [0.15, 0.2) is 48.5 Å². The quantitative estimate of drug-likeness (QED) is 0.567. The van der Waals surface area contributed by atoms with Crippen LogP contribution in [0.3, 0.4) is 0 Å². The number of benzene rings is 2. The lowest BCUT2D eigenvalue weighted by atomic mass is 10.1. The topological polar surface area (TPSA) is 86.8 Å². The van der Waals surface area contributed by atoms with Gasteiger partial charge in [0, 0.05) is 18.6 Å². The number of rotatable bonds is 10. The number of hydrogen-bond donors (Lipinski definition) is 1. The summed E-state index contributed by atoms with van der Waals surface area (Å²) in [4.78, 5) is 27.4. The maximum absolute atomic E-state index is 13.4. The van der Waals surface area contributed by atoms with Crippen LogP contribution in [-0.4, -0.2) is 57.6 Å². The molecule has 0 aliphatic heterocycles. The molecule has 1 N–H and O–H groups in total. The average molecular weight is 480 g/mol. The molecule has 2 aromatic carbocycles. The Balaban J connectivity index is 2.38. The number of carbonyl (C=O) groups is 2. The molecule has 2 rings (SSSR count). The fraction of sp³-hybridized carbons (Fsp3) is 0.391. The predicted molar refractivity (Wildman–Crippen MR) is 128 cm³/mol. The van der Waals surface area contributed by atoms with E-state index in [2.05, 4.69) is 5.32 Å². The van der Waals surface area contributed by atoms with E-state index in [1.54, 1.807) is 25.1 Å². The lowest BCUT2D eigenvalue weighted by Gasteiger charge is -2.33. The molecule has 174 valence electrons. The number of hydrogen-bond acceptors (Lipinski definition) is 4. The van der Waals surface area contributed by atoms with Gasteiger partial charge in [-0.25, -0.2) is 8.42 Å². The molecule has 0 spiro atoms. The van der Waals surface area contributed by atoms with Gasteiger partial charge in [0.15, 0.2) is 0 Å². The molecule has 0 radical (unpaired) electrons. The van der Waals surface area contributed by atoms with Gasteiger partial charge in [-0.1, -0.05) is 54.9 Å². The summed E-state index contributed by atoms with van der Waals surface area (Å²) in [5, 5.41) is 3.00. The predicted octanol–water partition coefficient (Wildman–Crippen LogP) is 3.01. The summed E-state index contributed by atoms with van der Waals surface area (Å²) < 4.78 is 26.2. The highest BCUT2D eigenvalue weighted by Crippen LogP contribution is 2.28. The minimum Gasteiger partial charge on any atom is -0.357 e. The molecular weight excluding hydrogens is 450 g/mol. The van der Waals surface area contributed by atoms with Crippen molar-refractivity contribution in [1.29, 1.82) is 0 Å². The van der Waals surface area contributed by atoms with Crippen LogP contribution in [0.1, 0.15) is 24.5 Å². The van der Waals surface area contributed by atoms with Gasteiger partial charge in [0.05, 0.1) is 11.9 Å². The van der Waals surface area contributed by atoms with Crippen LogP contribution in [0.4, 0.5) is 5.69 Å². The third kappa shape index (κ3) is 6.46. The summed E-state index contributed by atoms with van der Waals surface area (Å²) in [7, 11) is -2.27. The second-order valence-electron chi connectivity index (χ2n) is 7.51. The van der Waals surface area contributed by atoms with E-state index >= 15 is 0 Å². The number of likely N-dealkylation sites (N-methyl/N-ethyl adjacent to an activating group) is 1. The monoisotopic (exact) mass is 479 g/mol. The Morgan fingerprint density at radius 2 is 1.75 bits per heavy atom. The van der Waals surface area contributed by atoms with Crippen LogP contribution >= 0.6 is 11.6 Å². The van der Waals surface area contributed by atoms with Crippen LogP contribution in [0.25, 0.3) is 0 Å². The number of nitrogens with zero attached hydrogens (tertiary/aromatic N) is 2. The van der Waals surface area contributed by atoms with Crippen molar-refractivity contribution in [2.75, 3.05) is 30.7 Å². The molecule has 0 heterocycles. The van der Waals surface area contributed by atoms with E-state index in [0.29, 0.717) is 29.1 Å². The van der Waals surface area contributed by atoms with Crippen molar-refractivity contribution in [2.45, 2.75) is 32.7 Å². The van der Waals surface area contributed by atoms with Crippen LogP contribution in [0.2, 0.25) is 5.02 Å². The molecule has 32 heavy (non-hydrogen) atoms. The number of sulfonamides is 1. The lowest BCUT2D eigenvalue weighted by Crippen LogP contribution is -2.52.